The van der Waals surface area contributed by atoms with Gasteiger partial charge in [0.1, 0.15) is 0 Å². The fourth-order valence-electron chi connectivity index (χ4n) is 1.22. The second-order valence-electron chi connectivity index (χ2n) is 3.74. The third-order valence-electron chi connectivity index (χ3n) is 2.22. The zero-order chi connectivity index (χ0) is 12.6. The molecule has 0 radical (unpaired) electrons. The molecule has 17 heavy (non-hydrogen) atoms. The number of hydrogen-bond donors (Lipinski definition) is 0. The van der Waals surface area contributed by atoms with Crippen molar-refractivity contribution < 1.29 is 17.1 Å². The van der Waals surface area contributed by atoms with Gasteiger partial charge in [0, 0.05) is 0 Å². The summed E-state index contributed by atoms with van der Waals surface area (Å²) in [5.41, 5.74) is 0. The van der Waals surface area contributed by atoms with E-state index in [0.29, 0.717) is 17.1 Å². The molecule has 1 rings (SSSR count). The summed E-state index contributed by atoms with van der Waals surface area (Å²) in [5.74, 6) is 0. The zero-order valence-electron chi connectivity index (χ0n) is 11.2. The van der Waals surface area contributed by atoms with Gasteiger partial charge >= 0.3 is 65.3 Å². The molecular weight excluding hydrogens is 293 g/mol. The summed E-state index contributed by atoms with van der Waals surface area (Å²) in [7, 11) is 0. The molecule has 0 heterocycles. The van der Waals surface area contributed by atoms with Crippen molar-refractivity contribution in [2.45, 2.75) is 49.6 Å². The van der Waals surface area contributed by atoms with E-state index < -0.39 is 0 Å². The maximum atomic E-state index is 2.25. The van der Waals surface area contributed by atoms with Gasteiger partial charge in [-0.15, -0.1) is 0 Å². The van der Waals surface area contributed by atoms with Crippen LogP contribution in [0.25, 0.3) is 0 Å². The molecule has 0 spiro atoms. The van der Waals surface area contributed by atoms with Gasteiger partial charge < -0.3 is 0 Å². The Labute approximate surface area is 115 Å². The predicted molar refractivity (Wildman–Crippen MR) is 76.0 cm³/mol. The number of hydrogen-bond acceptors (Lipinski definition) is 0. The van der Waals surface area contributed by atoms with Crippen LogP contribution in [0.1, 0.15) is 39.5 Å². The van der Waals surface area contributed by atoms with Gasteiger partial charge in [0.25, 0.3) is 0 Å². The summed E-state index contributed by atoms with van der Waals surface area (Å²) in [6.45, 7) is 4.16. The Morgan fingerprint density at radius 2 is 1.35 bits per heavy atom. The Morgan fingerprint density at radius 3 is 1.76 bits per heavy atom. The predicted octanol–water partition coefficient (Wildman–Crippen LogP) is 5.73. The van der Waals surface area contributed by atoms with Crippen LogP contribution >= 0.6 is 0 Å². The van der Waals surface area contributed by atoms with E-state index in [4.69, 9.17) is 0 Å². The summed E-state index contributed by atoms with van der Waals surface area (Å²) in [6.07, 6.45) is 22.8. The van der Waals surface area contributed by atoms with Crippen LogP contribution in [0.5, 0.6) is 0 Å². The van der Waals surface area contributed by atoms with Gasteiger partial charge in [0.2, 0.25) is 0 Å². The molecule has 0 aromatic heterocycles. The molecule has 0 unspecified atom stereocenters. The normalized spacial score (nSPS) is 15.9. The molecular formula is C16H26Ru. The van der Waals surface area contributed by atoms with Crippen LogP contribution in [0.2, 0.25) is 10.0 Å². The first-order valence-corrected chi connectivity index (χ1v) is 8.91. The van der Waals surface area contributed by atoms with Crippen molar-refractivity contribution in [3.63, 3.8) is 0 Å². The summed E-state index contributed by atoms with van der Waals surface area (Å²) >= 11 is 0.593. The van der Waals surface area contributed by atoms with Gasteiger partial charge in [0.05, 0.1) is 0 Å². The van der Waals surface area contributed by atoms with Crippen LogP contribution in [0.4, 0.5) is 0 Å². The second-order valence-corrected chi connectivity index (χ2v) is 6.03. The summed E-state index contributed by atoms with van der Waals surface area (Å²) in [6, 6.07) is 0. The molecule has 0 aliphatic heterocycles. The van der Waals surface area contributed by atoms with E-state index in [1.807, 2.05) is 0 Å². The third-order valence-corrected chi connectivity index (χ3v) is 4.04. The van der Waals surface area contributed by atoms with Crippen LogP contribution in [0.3, 0.4) is 0 Å². The molecule has 0 nitrogen and oxygen atoms in total. The van der Waals surface area contributed by atoms with Crippen molar-refractivity contribution in [2.75, 3.05) is 0 Å². The van der Waals surface area contributed by atoms with Gasteiger partial charge in [-0.05, 0) is 25.7 Å². The first-order chi connectivity index (χ1) is 8.41. The molecule has 1 aliphatic rings. The number of rotatable bonds is 4. The third kappa shape index (κ3) is 15.6. The van der Waals surface area contributed by atoms with Crippen LogP contribution < -0.4 is 0 Å². The van der Waals surface area contributed by atoms with Gasteiger partial charge in [-0.3, -0.25) is 0 Å². The minimum atomic E-state index is 0.593. The Bertz CT molecular complexity index is 220. The van der Waals surface area contributed by atoms with Gasteiger partial charge in [-0.2, -0.15) is 0 Å². The van der Waals surface area contributed by atoms with Gasteiger partial charge in [0.15, 0.2) is 0 Å². The Balaban J connectivity index is 0.000000302. The van der Waals surface area contributed by atoms with Crippen LogP contribution in [0.15, 0.2) is 48.6 Å². The molecule has 0 aromatic carbocycles. The van der Waals surface area contributed by atoms with E-state index in [1.54, 1.807) is 0 Å². The van der Waals surface area contributed by atoms with Crippen LogP contribution in [0, 0.1) is 0 Å². The molecule has 1 heteroatoms. The molecule has 0 atom stereocenters. The molecule has 0 amide bonds. The van der Waals surface area contributed by atoms with Crippen molar-refractivity contribution in [1.29, 1.82) is 0 Å². The molecule has 0 saturated carbocycles. The standard InChI is InChI=1S/C8H12.2C4H7.Ru/c1-2-4-6-8-7-5-3-1;2*1-3-4-2;/h1-4H,5-8H2;2*3-4H,1H2,2H3;. The van der Waals surface area contributed by atoms with E-state index in [2.05, 4.69) is 62.5 Å². The topological polar surface area (TPSA) is 0 Å². The minimum absolute atomic E-state index is 0.593. The second kappa shape index (κ2) is 15.6. The molecule has 0 N–H and O–H groups in total. The van der Waals surface area contributed by atoms with Gasteiger partial charge in [-0.25, -0.2) is 0 Å². The van der Waals surface area contributed by atoms with Crippen molar-refractivity contribution in [3.05, 3.63) is 48.6 Å². The summed E-state index contributed by atoms with van der Waals surface area (Å²) < 4.78 is 0. The number of allylic oxidation sites excluding steroid dienone is 8. The van der Waals surface area contributed by atoms with Crippen LogP contribution in [-0.4, -0.2) is 0 Å². The van der Waals surface area contributed by atoms with Gasteiger partial charge in [-0.1, -0.05) is 24.3 Å². The molecule has 98 valence electrons. The van der Waals surface area contributed by atoms with E-state index in [0.717, 1.165) is 0 Å². The van der Waals surface area contributed by atoms with Crippen molar-refractivity contribution in [1.82, 2.24) is 0 Å². The molecule has 1 aliphatic carbocycles. The maximum absolute atomic E-state index is 2.25. The SMILES string of the molecule is C1=CCCCCC=C1.CC=C[CH2][Ru][CH2]C=CC. The van der Waals surface area contributed by atoms with E-state index in [-0.39, 0.29) is 0 Å². The average molecular weight is 319 g/mol. The quantitative estimate of drug-likeness (QED) is 0.352. The van der Waals surface area contributed by atoms with Crippen molar-refractivity contribution in [3.8, 4) is 0 Å². The van der Waals surface area contributed by atoms with E-state index in [9.17, 15) is 0 Å². The van der Waals surface area contributed by atoms with Crippen LogP contribution in [-0.2, 0) is 17.1 Å². The monoisotopic (exact) mass is 320 g/mol. The van der Waals surface area contributed by atoms with E-state index >= 15 is 0 Å². The summed E-state index contributed by atoms with van der Waals surface area (Å²) in [4.78, 5) is 0. The average Bonchev–Trinajstić information content (AvgIpc) is 2.29. The first-order valence-electron chi connectivity index (χ1n) is 6.45. The molecule has 0 aromatic rings. The zero-order valence-corrected chi connectivity index (χ0v) is 13.0. The molecule has 0 saturated heterocycles. The first kappa shape index (κ1) is 16.6. The van der Waals surface area contributed by atoms with E-state index in [1.165, 1.54) is 35.7 Å². The fourth-order valence-corrected chi connectivity index (χ4v) is 2.91. The summed E-state index contributed by atoms with van der Waals surface area (Å²) in [5, 5.41) is 2.63. The van der Waals surface area contributed by atoms with Crippen molar-refractivity contribution in [2.24, 2.45) is 0 Å². The molecule has 0 fully saturated rings. The Kier molecular flexibility index (Phi) is 15.2. The van der Waals surface area contributed by atoms with Crippen molar-refractivity contribution >= 4 is 0 Å². The Hall–Kier alpha value is -0.417. The fraction of sp³-hybridized carbons (Fsp3) is 0.500. The molecule has 0 bridgehead atoms. The Morgan fingerprint density at radius 1 is 0.882 bits per heavy atom.